The molecule has 1 aliphatic heterocycles. The van der Waals surface area contributed by atoms with E-state index in [1.165, 1.54) is 12.1 Å². The van der Waals surface area contributed by atoms with Crippen molar-refractivity contribution in [2.45, 2.75) is 25.7 Å². The molecule has 32 heavy (non-hydrogen) atoms. The number of hydrogen-bond acceptors (Lipinski definition) is 4. The van der Waals surface area contributed by atoms with Crippen molar-refractivity contribution in [3.63, 3.8) is 0 Å². The highest BCUT2D eigenvalue weighted by molar-refractivity contribution is 5.97. The molecule has 0 saturated heterocycles. The van der Waals surface area contributed by atoms with Gasteiger partial charge in [0.2, 0.25) is 0 Å². The lowest BCUT2D eigenvalue weighted by atomic mass is 10.0. The lowest BCUT2D eigenvalue weighted by Crippen LogP contribution is -2.32. The van der Waals surface area contributed by atoms with Crippen molar-refractivity contribution < 1.29 is 27.4 Å². The van der Waals surface area contributed by atoms with E-state index in [4.69, 9.17) is 4.74 Å². The van der Waals surface area contributed by atoms with E-state index in [2.05, 4.69) is 9.72 Å². The summed E-state index contributed by atoms with van der Waals surface area (Å²) in [5.74, 6) is 0.191. The number of benzene rings is 2. The Bertz CT molecular complexity index is 1070. The molecular weight excluding hydrogens is 421 g/mol. The molecule has 1 aliphatic rings. The number of carbonyl (C=O) groups is 1. The summed E-state index contributed by atoms with van der Waals surface area (Å²) in [4.78, 5) is 19.1. The fraction of sp³-hybridized carbons (Fsp3) is 0.250. The Morgan fingerprint density at radius 1 is 1.00 bits per heavy atom. The van der Waals surface area contributed by atoms with Gasteiger partial charge in [0.25, 0.3) is 5.91 Å². The van der Waals surface area contributed by atoms with Gasteiger partial charge in [0.15, 0.2) is 0 Å². The molecule has 5 nitrogen and oxygen atoms in total. The average molecular weight is 442 g/mol. The van der Waals surface area contributed by atoms with E-state index in [1.54, 1.807) is 29.3 Å². The first-order valence-corrected chi connectivity index (χ1v) is 10.2. The van der Waals surface area contributed by atoms with E-state index in [-0.39, 0.29) is 11.7 Å². The highest BCUT2D eigenvalue weighted by Gasteiger charge is 2.31. The van der Waals surface area contributed by atoms with E-state index in [0.717, 1.165) is 16.8 Å². The van der Waals surface area contributed by atoms with E-state index in [9.17, 15) is 18.0 Å². The minimum atomic E-state index is -4.71. The van der Waals surface area contributed by atoms with Gasteiger partial charge in [0, 0.05) is 6.20 Å². The molecule has 0 fully saturated rings. The Labute approximate surface area is 183 Å². The number of hydrogen-bond donors (Lipinski definition) is 0. The van der Waals surface area contributed by atoms with Gasteiger partial charge in [-0.25, -0.2) is 0 Å². The molecule has 2 aromatic carbocycles. The van der Waals surface area contributed by atoms with E-state index < -0.39 is 6.36 Å². The highest BCUT2D eigenvalue weighted by atomic mass is 19.4. The van der Waals surface area contributed by atoms with Crippen LogP contribution in [0.1, 0.15) is 27.2 Å². The van der Waals surface area contributed by atoms with Crippen LogP contribution in [0, 0.1) is 0 Å². The van der Waals surface area contributed by atoms with Crippen molar-refractivity contribution in [2.75, 3.05) is 13.2 Å². The molecule has 8 heteroatoms. The van der Waals surface area contributed by atoms with Gasteiger partial charge in [-0.05, 0) is 60.4 Å². The molecule has 0 spiro atoms. The monoisotopic (exact) mass is 442 g/mol. The standard InChI is InChI=1S/C24H21F3N2O3/c25-24(26,27)32-20-9-6-17(7-10-20)4-5-18-8-11-22-21(15-18)23(30)29(13-14-31-22)16-19-3-1-2-12-28-19/h1-3,6-12,15H,4-5,13-14,16H2. The number of halogens is 3. The van der Waals surface area contributed by atoms with Crippen molar-refractivity contribution in [1.29, 1.82) is 0 Å². The summed E-state index contributed by atoms with van der Waals surface area (Å²) < 4.78 is 46.5. The van der Waals surface area contributed by atoms with Crippen LogP contribution in [0.4, 0.5) is 13.2 Å². The number of rotatable bonds is 6. The molecule has 0 unspecified atom stereocenters. The van der Waals surface area contributed by atoms with Crippen molar-refractivity contribution in [3.05, 3.63) is 89.2 Å². The first-order valence-electron chi connectivity index (χ1n) is 10.2. The summed E-state index contributed by atoms with van der Waals surface area (Å²) in [6.45, 7) is 1.27. The molecular formula is C24H21F3N2O3. The minimum absolute atomic E-state index is 0.112. The van der Waals surface area contributed by atoms with Crippen LogP contribution in [0.3, 0.4) is 0 Å². The zero-order valence-electron chi connectivity index (χ0n) is 17.1. The van der Waals surface area contributed by atoms with Crippen molar-refractivity contribution in [2.24, 2.45) is 0 Å². The maximum Gasteiger partial charge on any atom is 0.573 e. The first-order chi connectivity index (χ1) is 15.4. The Hall–Kier alpha value is -3.55. The van der Waals surface area contributed by atoms with Crippen LogP contribution < -0.4 is 9.47 Å². The SMILES string of the molecule is O=C1c2cc(CCc3ccc(OC(F)(F)F)cc3)ccc2OCCN1Cc1ccccn1. The number of amides is 1. The minimum Gasteiger partial charge on any atom is -0.491 e. The number of aryl methyl sites for hydroxylation is 2. The smallest absolute Gasteiger partial charge is 0.491 e. The molecule has 4 rings (SSSR count). The maximum atomic E-state index is 13.1. The van der Waals surface area contributed by atoms with Gasteiger partial charge < -0.3 is 14.4 Å². The zero-order valence-corrected chi connectivity index (χ0v) is 17.1. The fourth-order valence-corrected chi connectivity index (χ4v) is 3.55. The molecule has 0 atom stereocenters. The Kier molecular flexibility index (Phi) is 6.30. The molecule has 0 aliphatic carbocycles. The molecule has 0 saturated carbocycles. The average Bonchev–Trinajstić information content (AvgIpc) is 2.92. The topological polar surface area (TPSA) is 51.7 Å². The third-order valence-corrected chi connectivity index (χ3v) is 5.12. The van der Waals surface area contributed by atoms with Gasteiger partial charge in [-0.1, -0.05) is 24.3 Å². The van der Waals surface area contributed by atoms with Crippen molar-refractivity contribution >= 4 is 5.91 Å². The molecule has 3 aromatic rings. The highest BCUT2D eigenvalue weighted by Crippen LogP contribution is 2.27. The number of aromatic nitrogens is 1. The summed E-state index contributed by atoms with van der Waals surface area (Å²) in [7, 11) is 0. The molecule has 166 valence electrons. The van der Waals surface area contributed by atoms with Crippen LogP contribution >= 0.6 is 0 Å². The van der Waals surface area contributed by atoms with Crippen LogP contribution in [0.25, 0.3) is 0 Å². The van der Waals surface area contributed by atoms with Gasteiger partial charge in [0.1, 0.15) is 18.1 Å². The van der Waals surface area contributed by atoms with Crippen LogP contribution in [0.15, 0.2) is 66.9 Å². The van der Waals surface area contributed by atoms with E-state index >= 15 is 0 Å². The van der Waals surface area contributed by atoms with Crippen LogP contribution in [-0.2, 0) is 19.4 Å². The molecule has 1 aromatic heterocycles. The van der Waals surface area contributed by atoms with Gasteiger partial charge in [0.05, 0.1) is 24.3 Å². The van der Waals surface area contributed by atoms with E-state index in [0.29, 0.717) is 43.9 Å². The third kappa shape index (κ3) is 5.57. The predicted molar refractivity (Wildman–Crippen MR) is 111 cm³/mol. The van der Waals surface area contributed by atoms with Gasteiger partial charge in [-0.2, -0.15) is 0 Å². The molecule has 2 heterocycles. The van der Waals surface area contributed by atoms with Gasteiger partial charge in [-0.15, -0.1) is 13.2 Å². The Morgan fingerprint density at radius 2 is 1.75 bits per heavy atom. The molecule has 0 N–H and O–H groups in total. The summed E-state index contributed by atoms with van der Waals surface area (Å²) in [6, 6.07) is 16.9. The maximum absolute atomic E-state index is 13.1. The number of fused-ring (bicyclic) bond motifs is 1. The van der Waals surface area contributed by atoms with Crippen LogP contribution in [0.5, 0.6) is 11.5 Å². The molecule has 1 amide bonds. The number of ether oxygens (including phenoxy) is 2. The third-order valence-electron chi connectivity index (χ3n) is 5.12. The summed E-state index contributed by atoms with van der Waals surface area (Å²) in [6.07, 6.45) is -1.78. The predicted octanol–water partition coefficient (Wildman–Crippen LogP) is 4.80. The Balaban J connectivity index is 1.44. The van der Waals surface area contributed by atoms with Crippen molar-refractivity contribution in [3.8, 4) is 11.5 Å². The second-order valence-electron chi connectivity index (χ2n) is 7.42. The lowest BCUT2D eigenvalue weighted by molar-refractivity contribution is -0.274. The quantitative estimate of drug-likeness (QED) is 0.550. The van der Waals surface area contributed by atoms with Crippen LogP contribution in [-0.4, -0.2) is 35.3 Å². The fourth-order valence-electron chi connectivity index (χ4n) is 3.55. The van der Waals surface area contributed by atoms with Gasteiger partial charge in [-0.3, -0.25) is 9.78 Å². The zero-order chi connectivity index (χ0) is 22.6. The second kappa shape index (κ2) is 9.30. The molecule has 0 bridgehead atoms. The number of alkyl halides is 3. The van der Waals surface area contributed by atoms with Crippen molar-refractivity contribution in [1.82, 2.24) is 9.88 Å². The summed E-state index contributed by atoms with van der Waals surface area (Å²) >= 11 is 0. The van der Waals surface area contributed by atoms with Crippen LogP contribution in [0.2, 0.25) is 0 Å². The number of nitrogens with zero attached hydrogens (tertiary/aromatic N) is 2. The summed E-state index contributed by atoms with van der Waals surface area (Å²) in [5.41, 5.74) is 3.12. The first kappa shape index (κ1) is 21.7. The normalized spacial score (nSPS) is 13.8. The van der Waals surface area contributed by atoms with Gasteiger partial charge >= 0.3 is 6.36 Å². The molecule has 0 radical (unpaired) electrons. The van der Waals surface area contributed by atoms with E-state index in [1.807, 2.05) is 30.3 Å². The number of carbonyl (C=O) groups excluding carboxylic acids is 1. The second-order valence-corrected chi connectivity index (χ2v) is 7.42. The largest absolute Gasteiger partial charge is 0.573 e. The summed E-state index contributed by atoms with van der Waals surface area (Å²) in [5, 5.41) is 0. The lowest BCUT2D eigenvalue weighted by Gasteiger charge is -2.19. The Morgan fingerprint density at radius 3 is 2.47 bits per heavy atom. The number of pyridine rings is 1.